The lowest BCUT2D eigenvalue weighted by Gasteiger charge is -2.26. The Bertz CT molecular complexity index is 436. The smallest absolute Gasteiger partial charge is 0.223 e. The summed E-state index contributed by atoms with van der Waals surface area (Å²) in [7, 11) is 0. The summed E-state index contributed by atoms with van der Waals surface area (Å²) in [5, 5.41) is 3.36. The number of benzene rings is 1. The van der Waals surface area contributed by atoms with Crippen LogP contribution in [0.5, 0.6) is 0 Å². The lowest BCUT2D eigenvalue weighted by Crippen LogP contribution is -2.40. The van der Waals surface area contributed by atoms with E-state index in [-0.39, 0.29) is 5.92 Å². The minimum absolute atomic E-state index is 0.278. The van der Waals surface area contributed by atoms with E-state index in [2.05, 4.69) is 35.6 Å². The summed E-state index contributed by atoms with van der Waals surface area (Å²) in [6.07, 6.45) is 9.52. The fourth-order valence-electron chi connectivity index (χ4n) is 3.90. The van der Waals surface area contributed by atoms with E-state index in [0.717, 1.165) is 19.3 Å². The molecule has 2 saturated carbocycles. The highest BCUT2D eigenvalue weighted by Crippen LogP contribution is 2.35. The molecule has 2 fully saturated rings. The van der Waals surface area contributed by atoms with Gasteiger partial charge in [0.25, 0.3) is 0 Å². The SMILES string of the molecule is O=C(N[C@H]1CCC[C@H]1c1ccccc1)C1CCCCC1. The van der Waals surface area contributed by atoms with E-state index >= 15 is 0 Å². The van der Waals surface area contributed by atoms with Crippen molar-refractivity contribution >= 4 is 5.91 Å². The zero-order valence-corrected chi connectivity index (χ0v) is 12.2. The van der Waals surface area contributed by atoms with Gasteiger partial charge >= 0.3 is 0 Å². The lowest BCUT2D eigenvalue weighted by atomic mass is 9.87. The molecular formula is C18H25NO. The summed E-state index contributed by atoms with van der Waals surface area (Å²) < 4.78 is 0. The van der Waals surface area contributed by atoms with Crippen molar-refractivity contribution in [2.45, 2.75) is 63.3 Å². The van der Waals surface area contributed by atoms with Crippen LogP contribution in [-0.2, 0) is 4.79 Å². The molecule has 20 heavy (non-hydrogen) atoms. The van der Waals surface area contributed by atoms with Gasteiger partial charge in [0.1, 0.15) is 0 Å². The van der Waals surface area contributed by atoms with Crippen molar-refractivity contribution in [2.24, 2.45) is 5.92 Å². The largest absolute Gasteiger partial charge is 0.353 e. The fourth-order valence-corrected chi connectivity index (χ4v) is 3.90. The van der Waals surface area contributed by atoms with Gasteiger partial charge in [-0.2, -0.15) is 0 Å². The number of rotatable bonds is 3. The molecule has 2 aliphatic rings. The molecule has 3 rings (SSSR count). The van der Waals surface area contributed by atoms with Gasteiger partial charge in [-0.25, -0.2) is 0 Å². The van der Waals surface area contributed by atoms with Crippen LogP contribution in [0.15, 0.2) is 30.3 Å². The third-order valence-corrected chi connectivity index (χ3v) is 5.05. The summed E-state index contributed by atoms with van der Waals surface area (Å²) in [6, 6.07) is 11.0. The highest BCUT2D eigenvalue weighted by atomic mass is 16.1. The molecule has 1 aromatic carbocycles. The second kappa shape index (κ2) is 6.43. The van der Waals surface area contributed by atoms with Gasteiger partial charge in [-0.15, -0.1) is 0 Å². The summed E-state index contributed by atoms with van der Waals surface area (Å²) >= 11 is 0. The molecule has 1 amide bonds. The van der Waals surface area contributed by atoms with Crippen LogP contribution >= 0.6 is 0 Å². The number of hydrogen-bond donors (Lipinski definition) is 1. The molecule has 0 aromatic heterocycles. The van der Waals surface area contributed by atoms with Crippen LogP contribution in [-0.4, -0.2) is 11.9 Å². The zero-order chi connectivity index (χ0) is 13.8. The van der Waals surface area contributed by atoms with E-state index in [1.54, 1.807) is 0 Å². The van der Waals surface area contributed by atoms with Crippen molar-refractivity contribution in [3.63, 3.8) is 0 Å². The summed E-state index contributed by atoms with van der Waals surface area (Å²) in [4.78, 5) is 12.4. The Labute approximate surface area is 122 Å². The van der Waals surface area contributed by atoms with Crippen molar-refractivity contribution in [2.75, 3.05) is 0 Å². The Balaban J connectivity index is 1.62. The Morgan fingerprint density at radius 1 is 0.900 bits per heavy atom. The zero-order valence-electron chi connectivity index (χ0n) is 12.2. The monoisotopic (exact) mass is 271 g/mol. The number of amides is 1. The van der Waals surface area contributed by atoms with E-state index in [1.165, 1.54) is 37.7 Å². The van der Waals surface area contributed by atoms with Crippen molar-refractivity contribution < 1.29 is 4.79 Å². The number of hydrogen-bond acceptors (Lipinski definition) is 1. The Morgan fingerprint density at radius 2 is 1.65 bits per heavy atom. The van der Waals surface area contributed by atoms with E-state index in [0.29, 0.717) is 17.9 Å². The molecule has 0 saturated heterocycles. The lowest BCUT2D eigenvalue weighted by molar-refractivity contribution is -0.126. The van der Waals surface area contributed by atoms with Gasteiger partial charge in [0.05, 0.1) is 0 Å². The Hall–Kier alpha value is -1.31. The second-order valence-electron chi connectivity index (χ2n) is 6.40. The van der Waals surface area contributed by atoms with Gasteiger partial charge in [0.15, 0.2) is 0 Å². The van der Waals surface area contributed by atoms with E-state index in [9.17, 15) is 4.79 Å². The van der Waals surface area contributed by atoms with Gasteiger partial charge in [-0.1, -0.05) is 56.0 Å². The Morgan fingerprint density at radius 3 is 2.40 bits per heavy atom. The highest BCUT2D eigenvalue weighted by molar-refractivity contribution is 5.79. The average Bonchev–Trinajstić information content (AvgIpc) is 2.97. The molecule has 0 radical (unpaired) electrons. The number of carbonyl (C=O) groups is 1. The van der Waals surface area contributed by atoms with Crippen molar-refractivity contribution in [1.82, 2.24) is 5.32 Å². The van der Waals surface area contributed by atoms with E-state index < -0.39 is 0 Å². The Kier molecular flexibility index (Phi) is 4.39. The molecule has 1 N–H and O–H groups in total. The van der Waals surface area contributed by atoms with Crippen LogP contribution in [0.25, 0.3) is 0 Å². The average molecular weight is 271 g/mol. The third kappa shape index (κ3) is 3.05. The van der Waals surface area contributed by atoms with Crippen LogP contribution in [0, 0.1) is 5.92 Å². The van der Waals surface area contributed by atoms with Crippen molar-refractivity contribution in [3.8, 4) is 0 Å². The van der Waals surface area contributed by atoms with Crippen molar-refractivity contribution in [1.29, 1.82) is 0 Å². The van der Waals surface area contributed by atoms with Crippen LogP contribution < -0.4 is 5.32 Å². The van der Waals surface area contributed by atoms with Crippen molar-refractivity contribution in [3.05, 3.63) is 35.9 Å². The number of nitrogens with one attached hydrogen (secondary N) is 1. The minimum Gasteiger partial charge on any atom is -0.353 e. The summed E-state index contributed by atoms with van der Waals surface area (Å²) in [5.41, 5.74) is 1.39. The highest BCUT2D eigenvalue weighted by Gasteiger charge is 2.31. The molecule has 0 aliphatic heterocycles. The quantitative estimate of drug-likeness (QED) is 0.884. The summed E-state index contributed by atoms with van der Waals surface area (Å²) in [6.45, 7) is 0. The van der Waals surface area contributed by atoms with Crippen LogP contribution in [0.2, 0.25) is 0 Å². The first-order valence-corrected chi connectivity index (χ1v) is 8.20. The van der Waals surface area contributed by atoms with Gasteiger partial charge in [-0.05, 0) is 31.2 Å². The van der Waals surface area contributed by atoms with Gasteiger partial charge in [0.2, 0.25) is 5.91 Å². The van der Waals surface area contributed by atoms with Crippen LogP contribution in [0.3, 0.4) is 0 Å². The molecule has 0 spiro atoms. The molecule has 1 aromatic rings. The first-order valence-electron chi connectivity index (χ1n) is 8.20. The predicted octanol–water partition coefficient (Wildman–Crippen LogP) is 4.02. The molecule has 0 unspecified atom stereocenters. The van der Waals surface area contributed by atoms with Gasteiger partial charge in [0, 0.05) is 17.9 Å². The molecular weight excluding hydrogens is 246 g/mol. The van der Waals surface area contributed by atoms with Gasteiger partial charge < -0.3 is 5.32 Å². The number of carbonyl (C=O) groups excluding carboxylic acids is 1. The molecule has 0 bridgehead atoms. The van der Waals surface area contributed by atoms with E-state index in [4.69, 9.17) is 0 Å². The predicted molar refractivity (Wildman–Crippen MR) is 81.5 cm³/mol. The molecule has 108 valence electrons. The second-order valence-corrected chi connectivity index (χ2v) is 6.40. The normalized spacial score (nSPS) is 27.4. The van der Waals surface area contributed by atoms with Crippen LogP contribution in [0.1, 0.15) is 62.8 Å². The first-order chi connectivity index (χ1) is 9.84. The molecule has 2 heteroatoms. The minimum atomic E-state index is 0.278. The van der Waals surface area contributed by atoms with E-state index in [1.807, 2.05) is 0 Å². The molecule has 2 nitrogen and oxygen atoms in total. The summed E-state index contributed by atoms with van der Waals surface area (Å²) in [5.74, 6) is 1.11. The molecule has 2 aliphatic carbocycles. The van der Waals surface area contributed by atoms with Crippen LogP contribution in [0.4, 0.5) is 0 Å². The standard InChI is InChI=1S/C18H25NO/c20-18(15-10-5-2-6-11-15)19-17-13-7-12-16(17)14-8-3-1-4-9-14/h1,3-4,8-9,15-17H,2,5-7,10-13H2,(H,19,20)/t16-,17-/m0/s1. The first kappa shape index (κ1) is 13.7. The fraction of sp³-hybridized carbons (Fsp3) is 0.611. The third-order valence-electron chi connectivity index (χ3n) is 5.05. The molecule has 0 heterocycles. The van der Waals surface area contributed by atoms with Gasteiger partial charge in [-0.3, -0.25) is 4.79 Å². The maximum absolute atomic E-state index is 12.4. The maximum atomic E-state index is 12.4. The topological polar surface area (TPSA) is 29.1 Å². The maximum Gasteiger partial charge on any atom is 0.223 e. The molecule has 2 atom stereocenters.